The van der Waals surface area contributed by atoms with Gasteiger partial charge in [0.1, 0.15) is 11.6 Å². The van der Waals surface area contributed by atoms with Crippen LogP contribution in [0.3, 0.4) is 0 Å². The van der Waals surface area contributed by atoms with Crippen LogP contribution in [0.2, 0.25) is 0 Å². The third kappa shape index (κ3) is 4.70. The number of halogens is 2. The van der Waals surface area contributed by atoms with Crippen molar-refractivity contribution >= 4 is 48.6 Å². The van der Waals surface area contributed by atoms with Crippen LogP contribution in [-0.4, -0.2) is 0 Å². The summed E-state index contributed by atoms with van der Waals surface area (Å²) in [4.78, 5) is 2.36. The number of rotatable bonds is 4. The highest BCUT2D eigenvalue weighted by Gasteiger charge is 2.53. The molecule has 1 heterocycles. The second-order valence-electron chi connectivity index (χ2n) is 17.5. The number of benzene rings is 9. The fourth-order valence-corrected chi connectivity index (χ4v) is 12.4. The molecule has 0 unspecified atom stereocenters. The molecule has 0 N–H and O–H groups in total. The first-order valence-corrected chi connectivity index (χ1v) is 22.0. The van der Waals surface area contributed by atoms with Crippen LogP contribution in [-0.2, 0) is 10.8 Å². The Labute approximate surface area is 362 Å². The number of nitrogens with zero attached hydrogens (tertiary/aromatic N) is 1. The average Bonchev–Trinajstić information content (AvgIpc) is 3.98. The minimum absolute atomic E-state index is 0.200. The summed E-state index contributed by atoms with van der Waals surface area (Å²) < 4.78 is 34.1. The maximum atomic E-state index is 15.9. The van der Waals surface area contributed by atoms with Crippen molar-refractivity contribution in [1.82, 2.24) is 0 Å². The molecule has 1 nitrogen and oxygen atoms in total. The van der Waals surface area contributed by atoms with Gasteiger partial charge in [-0.1, -0.05) is 129 Å². The van der Waals surface area contributed by atoms with Crippen molar-refractivity contribution in [2.24, 2.45) is 0 Å². The molecule has 10 aromatic rings. The van der Waals surface area contributed by atoms with Crippen LogP contribution in [0.1, 0.15) is 47.2 Å². The first-order valence-electron chi connectivity index (χ1n) is 21.2. The van der Waals surface area contributed by atoms with Crippen LogP contribution in [0, 0.1) is 11.6 Å². The maximum absolute atomic E-state index is 15.9. The molecular formula is C58H37F2NS. The molecule has 0 bridgehead atoms. The van der Waals surface area contributed by atoms with E-state index >= 15 is 8.78 Å². The van der Waals surface area contributed by atoms with Crippen molar-refractivity contribution < 1.29 is 8.78 Å². The lowest BCUT2D eigenvalue weighted by Gasteiger charge is -2.32. The van der Waals surface area contributed by atoms with Gasteiger partial charge in [-0.05, 0) is 151 Å². The second-order valence-corrected chi connectivity index (χ2v) is 18.6. The van der Waals surface area contributed by atoms with Crippen LogP contribution in [0.25, 0.3) is 64.7 Å². The molecule has 294 valence electrons. The zero-order chi connectivity index (χ0) is 41.5. The molecule has 0 atom stereocenters. The van der Waals surface area contributed by atoms with E-state index in [0.717, 1.165) is 72.7 Å². The van der Waals surface area contributed by atoms with E-state index in [9.17, 15) is 0 Å². The van der Waals surface area contributed by atoms with Gasteiger partial charge in [0.25, 0.3) is 0 Å². The number of thiophene rings is 1. The van der Waals surface area contributed by atoms with E-state index in [0.29, 0.717) is 0 Å². The molecule has 13 rings (SSSR count). The summed E-state index contributed by atoms with van der Waals surface area (Å²) >= 11 is 1.79. The molecule has 4 heteroatoms. The van der Waals surface area contributed by atoms with E-state index in [4.69, 9.17) is 0 Å². The molecule has 0 saturated heterocycles. The van der Waals surface area contributed by atoms with E-state index < -0.39 is 5.41 Å². The van der Waals surface area contributed by atoms with Crippen molar-refractivity contribution in [1.29, 1.82) is 0 Å². The molecule has 0 saturated carbocycles. The first kappa shape index (κ1) is 35.6. The summed E-state index contributed by atoms with van der Waals surface area (Å²) in [6.45, 7) is 4.64. The van der Waals surface area contributed by atoms with Gasteiger partial charge in [-0.3, -0.25) is 0 Å². The van der Waals surface area contributed by atoms with Crippen LogP contribution >= 0.6 is 11.3 Å². The summed E-state index contributed by atoms with van der Waals surface area (Å²) in [5.74, 6) is -0.627. The summed E-state index contributed by atoms with van der Waals surface area (Å²) in [5, 5.41) is 2.38. The van der Waals surface area contributed by atoms with Gasteiger partial charge >= 0.3 is 0 Å². The van der Waals surface area contributed by atoms with Crippen LogP contribution in [0.4, 0.5) is 25.8 Å². The number of hydrogen-bond acceptors (Lipinski definition) is 2. The van der Waals surface area contributed by atoms with Gasteiger partial charge in [0.05, 0.1) is 5.41 Å². The lowest BCUT2D eigenvalue weighted by Crippen LogP contribution is -2.26. The Hall–Kier alpha value is -7.14. The lowest BCUT2D eigenvalue weighted by atomic mass is 9.70. The predicted octanol–water partition coefficient (Wildman–Crippen LogP) is 16.1. The topological polar surface area (TPSA) is 3.24 Å². The van der Waals surface area contributed by atoms with Gasteiger partial charge in [0, 0.05) is 42.6 Å². The van der Waals surface area contributed by atoms with E-state index in [1.54, 1.807) is 23.5 Å². The third-order valence-corrected chi connectivity index (χ3v) is 15.1. The summed E-state index contributed by atoms with van der Waals surface area (Å²) in [7, 11) is 0. The predicted molar refractivity (Wildman–Crippen MR) is 253 cm³/mol. The highest BCUT2D eigenvalue weighted by molar-refractivity contribution is 7.26. The van der Waals surface area contributed by atoms with Crippen molar-refractivity contribution in [3.8, 4) is 44.5 Å². The van der Waals surface area contributed by atoms with Crippen LogP contribution in [0.15, 0.2) is 188 Å². The third-order valence-electron chi connectivity index (χ3n) is 14.0. The van der Waals surface area contributed by atoms with Gasteiger partial charge in [-0.25, -0.2) is 8.78 Å². The van der Waals surface area contributed by atoms with E-state index in [1.165, 1.54) is 54.6 Å². The smallest absolute Gasteiger partial charge is 0.123 e. The maximum Gasteiger partial charge on any atom is 0.123 e. The van der Waals surface area contributed by atoms with E-state index in [-0.39, 0.29) is 17.0 Å². The highest BCUT2D eigenvalue weighted by atomic mass is 32.1. The molecule has 1 spiro atoms. The molecule has 0 aliphatic heterocycles. The largest absolute Gasteiger partial charge is 0.310 e. The Morgan fingerprint density at radius 2 is 0.952 bits per heavy atom. The summed E-state index contributed by atoms with van der Waals surface area (Å²) in [6.07, 6.45) is 0. The van der Waals surface area contributed by atoms with E-state index in [2.05, 4.69) is 164 Å². The molecule has 0 radical (unpaired) electrons. The second kappa shape index (κ2) is 12.7. The van der Waals surface area contributed by atoms with Crippen molar-refractivity contribution in [3.05, 3.63) is 233 Å². The highest BCUT2D eigenvalue weighted by Crippen LogP contribution is 2.65. The van der Waals surface area contributed by atoms with Crippen molar-refractivity contribution in [2.75, 3.05) is 4.90 Å². The Bertz CT molecular complexity index is 3470. The SMILES string of the molecule is CC1(C)c2ccccc2-c2ccc(N(c3ccc(-c4ccccc4)cc3)c3ccc4c(c3)C3(c5cc(F)ccc5-c5ccc(F)cc53)c3ccc5sc6ccccc6c5c3-4)cc21. The van der Waals surface area contributed by atoms with Crippen LogP contribution < -0.4 is 4.90 Å². The average molecular weight is 818 g/mol. The molecule has 1 aromatic heterocycles. The monoisotopic (exact) mass is 817 g/mol. The standard InChI is InChI=1S/C58H37F2NS/c1-57(2)47-14-8-6-12-41(47)42-26-22-39(32-49(42)57)61(38-20-16-35(17-21-38)34-10-4-3-5-11-34)40-23-27-45-52(33-40)58(48-28-29-54-56(55(45)48)46-13-7-9-15-53(46)62-54)50-30-36(59)18-24-43(50)44-25-19-37(60)31-51(44)58/h3-33H,1-2H3. The zero-order valence-electron chi connectivity index (χ0n) is 34.0. The van der Waals surface area contributed by atoms with Crippen LogP contribution in [0.5, 0.6) is 0 Å². The van der Waals surface area contributed by atoms with Gasteiger partial charge in [0.2, 0.25) is 0 Å². The molecule has 0 fully saturated rings. The number of hydrogen-bond donors (Lipinski definition) is 0. The lowest BCUT2D eigenvalue weighted by molar-refractivity contribution is 0.618. The van der Waals surface area contributed by atoms with E-state index in [1.807, 2.05) is 18.2 Å². The minimum Gasteiger partial charge on any atom is -0.310 e. The summed E-state index contributed by atoms with van der Waals surface area (Å²) in [6, 6.07) is 64.9. The molecule has 0 amide bonds. The Morgan fingerprint density at radius 3 is 1.69 bits per heavy atom. The number of fused-ring (bicyclic) bond motifs is 17. The van der Waals surface area contributed by atoms with Crippen molar-refractivity contribution in [3.63, 3.8) is 0 Å². The molecular weight excluding hydrogens is 781 g/mol. The molecule has 9 aromatic carbocycles. The molecule has 62 heavy (non-hydrogen) atoms. The van der Waals surface area contributed by atoms with Gasteiger partial charge in [-0.15, -0.1) is 11.3 Å². The summed E-state index contributed by atoms with van der Waals surface area (Å²) in [5.41, 5.74) is 17.1. The zero-order valence-corrected chi connectivity index (χ0v) is 34.8. The Kier molecular flexibility index (Phi) is 7.29. The Morgan fingerprint density at radius 1 is 0.403 bits per heavy atom. The number of anilines is 3. The molecule has 3 aliphatic rings. The fraction of sp³-hybridized carbons (Fsp3) is 0.0690. The quantitative estimate of drug-likeness (QED) is 0.171. The van der Waals surface area contributed by atoms with Gasteiger partial charge in [-0.2, -0.15) is 0 Å². The molecule has 3 aliphatic carbocycles. The van der Waals surface area contributed by atoms with Gasteiger partial charge < -0.3 is 4.90 Å². The normalized spacial score (nSPS) is 14.4. The fourth-order valence-electron chi connectivity index (χ4n) is 11.3. The minimum atomic E-state index is -0.975. The first-order chi connectivity index (χ1) is 30.3. The Balaban J connectivity index is 1.10. The van der Waals surface area contributed by atoms with Crippen molar-refractivity contribution in [2.45, 2.75) is 24.7 Å². The van der Waals surface area contributed by atoms with Gasteiger partial charge in [0.15, 0.2) is 0 Å².